The summed E-state index contributed by atoms with van der Waals surface area (Å²) in [5, 5.41) is 7.41. The maximum Gasteiger partial charge on any atom is 0.338 e. The zero-order valence-corrected chi connectivity index (χ0v) is 15.5. The van der Waals surface area contributed by atoms with E-state index in [4.69, 9.17) is 16.3 Å². The Morgan fingerprint density at radius 1 is 1.23 bits per heavy atom. The first-order valence-corrected chi connectivity index (χ1v) is 9.54. The van der Waals surface area contributed by atoms with Crippen molar-refractivity contribution in [3.8, 4) is 9.88 Å². The van der Waals surface area contributed by atoms with E-state index in [1.807, 2.05) is 17.5 Å². The number of hydrogen-bond acceptors (Lipinski definition) is 7. The largest absolute Gasteiger partial charge is 0.456 e. The van der Waals surface area contributed by atoms with Crippen LogP contribution in [-0.2, 0) is 11.3 Å². The van der Waals surface area contributed by atoms with E-state index < -0.39 is 5.97 Å². The molecule has 130 valence electrons. The van der Waals surface area contributed by atoms with Gasteiger partial charge in [-0.25, -0.2) is 9.78 Å². The Labute approximate surface area is 160 Å². The number of thiophene rings is 1. The van der Waals surface area contributed by atoms with Crippen LogP contribution in [0.1, 0.15) is 16.1 Å². The van der Waals surface area contributed by atoms with E-state index in [2.05, 4.69) is 10.1 Å². The zero-order chi connectivity index (χ0) is 18.1. The summed E-state index contributed by atoms with van der Waals surface area (Å²) in [5.74, 6) is -0.530. The van der Waals surface area contributed by atoms with Crippen LogP contribution in [0, 0.1) is 0 Å². The second-order valence-corrected chi connectivity index (χ2v) is 7.59. The third-order valence-electron chi connectivity index (χ3n) is 3.44. The number of carbonyl (C=O) groups excluding carboxylic acids is 1. The molecule has 0 spiro atoms. The molecule has 0 saturated heterocycles. The van der Waals surface area contributed by atoms with E-state index in [1.165, 1.54) is 39.3 Å². The molecule has 9 heteroatoms. The Balaban J connectivity index is 1.57. The molecule has 4 rings (SSSR count). The molecule has 0 aliphatic carbocycles. The highest BCUT2D eigenvalue weighted by Gasteiger charge is 2.13. The molecule has 3 heterocycles. The molecule has 0 aliphatic heterocycles. The van der Waals surface area contributed by atoms with Crippen molar-refractivity contribution in [3.05, 3.63) is 74.5 Å². The van der Waals surface area contributed by atoms with E-state index in [1.54, 1.807) is 18.2 Å². The molecule has 3 aromatic heterocycles. The molecule has 0 N–H and O–H groups in total. The number of esters is 1. The van der Waals surface area contributed by atoms with Gasteiger partial charge in [0.1, 0.15) is 6.61 Å². The van der Waals surface area contributed by atoms with Gasteiger partial charge < -0.3 is 4.74 Å². The summed E-state index contributed by atoms with van der Waals surface area (Å²) in [6.45, 7) is -0.108. The van der Waals surface area contributed by atoms with E-state index in [9.17, 15) is 9.59 Å². The van der Waals surface area contributed by atoms with Crippen LogP contribution >= 0.6 is 34.3 Å². The second-order valence-electron chi connectivity index (χ2n) is 5.25. The van der Waals surface area contributed by atoms with Gasteiger partial charge in [-0.3, -0.25) is 4.79 Å². The van der Waals surface area contributed by atoms with Crippen molar-refractivity contribution in [2.24, 2.45) is 0 Å². The molecule has 4 aromatic rings. The lowest BCUT2D eigenvalue weighted by Gasteiger charge is -2.04. The normalized spacial score (nSPS) is 11.0. The molecule has 1 aromatic carbocycles. The van der Waals surface area contributed by atoms with Crippen LogP contribution < -0.4 is 5.56 Å². The van der Waals surface area contributed by atoms with Crippen LogP contribution in [0.5, 0.6) is 0 Å². The summed E-state index contributed by atoms with van der Waals surface area (Å²) in [4.78, 5) is 30.1. The van der Waals surface area contributed by atoms with Gasteiger partial charge in [0, 0.05) is 11.1 Å². The summed E-state index contributed by atoms with van der Waals surface area (Å²) in [6, 6.07) is 11.6. The molecule has 26 heavy (non-hydrogen) atoms. The topological polar surface area (TPSA) is 73.6 Å². The maximum atomic E-state index is 12.3. The number of benzene rings is 1. The molecule has 0 amide bonds. The number of carbonyl (C=O) groups is 1. The monoisotopic (exact) mass is 403 g/mol. The van der Waals surface area contributed by atoms with Crippen LogP contribution in [0.25, 0.3) is 14.8 Å². The van der Waals surface area contributed by atoms with Gasteiger partial charge in [-0.1, -0.05) is 35.1 Å². The Morgan fingerprint density at radius 3 is 2.88 bits per heavy atom. The molecule has 0 aliphatic rings. The molecule has 0 unspecified atom stereocenters. The molecule has 0 saturated carbocycles. The quantitative estimate of drug-likeness (QED) is 0.483. The van der Waals surface area contributed by atoms with Crippen LogP contribution in [0.2, 0.25) is 5.02 Å². The minimum absolute atomic E-state index is 0.108. The van der Waals surface area contributed by atoms with Crippen molar-refractivity contribution < 1.29 is 9.53 Å². The Kier molecular flexibility index (Phi) is 4.54. The fourth-order valence-electron chi connectivity index (χ4n) is 2.27. The minimum atomic E-state index is -0.530. The number of fused-ring (bicyclic) bond motifs is 1. The van der Waals surface area contributed by atoms with Gasteiger partial charge in [-0.2, -0.15) is 9.61 Å². The average molecular weight is 404 g/mol. The summed E-state index contributed by atoms with van der Waals surface area (Å²) in [7, 11) is 0. The molecule has 0 fully saturated rings. The van der Waals surface area contributed by atoms with Crippen molar-refractivity contribution in [1.82, 2.24) is 14.6 Å². The van der Waals surface area contributed by atoms with Crippen LogP contribution in [0.15, 0.2) is 52.6 Å². The van der Waals surface area contributed by atoms with Crippen LogP contribution in [0.4, 0.5) is 0 Å². The molecular weight excluding hydrogens is 394 g/mol. The summed E-state index contributed by atoms with van der Waals surface area (Å²) in [6.07, 6.45) is 0. The fourth-order valence-corrected chi connectivity index (χ4v) is 4.17. The number of halogens is 1. The number of ether oxygens (including phenoxy) is 1. The van der Waals surface area contributed by atoms with Crippen LogP contribution in [0.3, 0.4) is 0 Å². The van der Waals surface area contributed by atoms with Gasteiger partial charge in [-0.05, 0) is 29.6 Å². The van der Waals surface area contributed by atoms with Crippen LogP contribution in [-0.4, -0.2) is 20.6 Å². The van der Waals surface area contributed by atoms with Gasteiger partial charge in [0.15, 0.2) is 5.01 Å². The zero-order valence-electron chi connectivity index (χ0n) is 13.1. The number of nitrogens with zero attached hydrogens (tertiary/aromatic N) is 3. The van der Waals surface area contributed by atoms with Gasteiger partial charge in [-0.15, -0.1) is 11.3 Å². The van der Waals surface area contributed by atoms with Crippen molar-refractivity contribution in [3.63, 3.8) is 0 Å². The number of rotatable bonds is 4. The van der Waals surface area contributed by atoms with Gasteiger partial charge in [0.2, 0.25) is 4.96 Å². The van der Waals surface area contributed by atoms with E-state index in [-0.39, 0.29) is 12.2 Å². The molecule has 0 atom stereocenters. The lowest BCUT2D eigenvalue weighted by atomic mass is 10.2. The van der Waals surface area contributed by atoms with Gasteiger partial charge in [0.25, 0.3) is 5.56 Å². The highest BCUT2D eigenvalue weighted by molar-refractivity contribution is 7.23. The summed E-state index contributed by atoms with van der Waals surface area (Å²) in [5.41, 5.74) is 0.391. The van der Waals surface area contributed by atoms with E-state index in [0.29, 0.717) is 21.2 Å². The van der Waals surface area contributed by atoms with E-state index >= 15 is 0 Å². The smallest absolute Gasteiger partial charge is 0.338 e. The Hall–Kier alpha value is -2.55. The fraction of sp³-hybridized carbons (Fsp3) is 0.0588. The molecule has 0 bridgehead atoms. The predicted octanol–water partition coefficient (Wildman–Crippen LogP) is 3.89. The third-order valence-corrected chi connectivity index (χ3v) is 5.62. The maximum absolute atomic E-state index is 12.3. The second kappa shape index (κ2) is 6.99. The predicted molar refractivity (Wildman–Crippen MR) is 101 cm³/mol. The lowest BCUT2D eigenvalue weighted by molar-refractivity contribution is 0.0468. The summed E-state index contributed by atoms with van der Waals surface area (Å²) >= 11 is 8.72. The molecular formula is C17H10ClN3O3S2. The first kappa shape index (κ1) is 16.9. The first-order chi connectivity index (χ1) is 12.6. The standard InChI is InChI=1S/C17H10ClN3O3S2/c18-11-4-1-3-10(7-11)16(23)24-9-12-8-14(22)21-17(19-12)26-15(20-21)13-5-2-6-25-13/h1-8H,9H2. The minimum Gasteiger partial charge on any atom is -0.456 e. The Morgan fingerprint density at radius 2 is 2.12 bits per heavy atom. The van der Waals surface area contributed by atoms with Crippen molar-refractivity contribution in [2.75, 3.05) is 0 Å². The third kappa shape index (κ3) is 3.39. The van der Waals surface area contributed by atoms with Crippen molar-refractivity contribution in [1.29, 1.82) is 0 Å². The number of hydrogen-bond donors (Lipinski definition) is 0. The average Bonchev–Trinajstić information content (AvgIpc) is 3.29. The number of aromatic nitrogens is 3. The van der Waals surface area contributed by atoms with Crippen molar-refractivity contribution in [2.45, 2.75) is 6.61 Å². The molecule has 6 nitrogen and oxygen atoms in total. The SMILES string of the molecule is O=C(OCc1cc(=O)n2nc(-c3cccs3)sc2n1)c1cccc(Cl)c1. The Bertz CT molecular complexity index is 1150. The molecule has 0 radical (unpaired) electrons. The highest BCUT2D eigenvalue weighted by atomic mass is 35.5. The van der Waals surface area contributed by atoms with E-state index in [0.717, 1.165) is 9.88 Å². The lowest BCUT2D eigenvalue weighted by Crippen LogP contribution is -2.16. The first-order valence-electron chi connectivity index (χ1n) is 7.46. The summed E-state index contributed by atoms with van der Waals surface area (Å²) < 4.78 is 6.48. The highest BCUT2D eigenvalue weighted by Crippen LogP contribution is 2.28. The van der Waals surface area contributed by atoms with Gasteiger partial charge >= 0.3 is 5.97 Å². The van der Waals surface area contributed by atoms with Crippen molar-refractivity contribution >= 4 is 45.2 Å². The van der Waals surface area contributed by atoms with Gasteiger partial charge in [0.05, 0.1) is 16.1 Å².